The SMILES string of the molecule is Cc1cc(C#N)ccc1C(=O)C(NC(=O)c1cc(Cl)ccc1C(F)(F)F)C(C)C. The topological polar surface area (TPSA) is 70.0 Å². The zero-order chi connectivity index (χ0) is 21.9. The minimum Gasteiger partial charge on any atom is -0.342 e. The first-order valence-corrected chi connectivity index (χ1v) is 9.06. The van der Waals surface area contributed by atoms with Crippen molar-refractivity contribution in [1.82, 2.24) is 5.32 Å². The molecule has 0 aliphatic rings. The number of hydrogen-bond acceptors (Lipinski definition) is 3. The molecule has 8 heteroatoms. The number of hydrogen-bond donors (Lipinski definition) is 1. The number of benzene rings is 2. The minimum atomic E-state index is -4.75. The van der Waals surface area contributed by atoms with Crippen molar-refractivity contribution in [2.75, 3.05) is 0 Å². The maximum atomic E-state index is 13.3. The molecule has 2 aromatic carbocycles. The molecule has 0 aliphatic carbocycles. The molecule has 0 saturated carbocycles. The maximum absolute atomic E-state index is 13.3. The van der Waals surface area contributed by atoms with Gasteiger partial charge in [-0.2, -0.15) is 18.4 Å². The molecule has 1 unspecified atom stereocenters. The lowest BCUT2D eigenvalue weighted by Gasteiger charge is -2.23. The van der Waals surface area contributed by atoms with Gasteiger partial charge in [0.25, 0.3) is 5.91 Å². The molecule has 4 nitrogen and oxygen atoms in total. The van der Waals surface area contributed by atoms with E-state index < -0.39 is 41.0 Å². The molecule has 1 atom stereocenters. The number of aryl methyl sites for hydroxylation is 1. The third kappa shape index (κ3) is 5.15. The zero-order valence-electron chi connectivity index (χ0n) is 15.9. The van der Waals surface area contributed by atoms with Gasteiger partial charge in [-0.05, 0) is 54.8 Å². The summed E-state index contributed by atoms with van der Waals surface area (Å²) in [6.07, 6.45) is -4.75. The van der Waals surface area contributed by atoms with Crippen LogP contribution in [0.3, 0.4) is 0 Å². The summed E-state index contributed by atoms with van der Waals surface area (Å²) >= 11 is 5.78. The standard InChI is InChI=1S/C21H18ClF3N2O2/c1-11(2)18(19(28)15-6-4-13(10-26)8-12(15)3)27-20(29)16-9-14(22)5-7-17(16)21(23,24)25/h4-9,11,18H,1-3H3,(H,27,29). The molecule has 0 bridgehead atoms. The first kappa shape index (κ1) is 22.4. The van der Waals surface area contributed by atoms with Crippen molar-refractivity contribution in [1.29, 1.82) is 5.26 Å². The van der Waals surface area contributed by atoms with Crippen LogP contribution in [0.15, 0.2) is 36.4 Å². The Morgan fingerprint density at radius 3 is 2.28 bits per heavy atom. The number of amides is 1. The van der Waals surface area contributed by atoms with Gasteiger partial charge in [0.05, 0.1) is 28.8 Å². The average Bonchev–Trinajstić information content (AvgIpc) is 2.63. The van der Waals surface area contributed by atoms with E-state index in [9.17, 15) is 22.8 Å². The summed E-state index contributed by atoms with van der Waals surface area (Å²) < 4.78 is 39.8. The molecule has 152 valence electrons. The Bertz CT molecular complexity index is 994. The number of alkyl halides is 3. The van der Waals surface area contributed by atoms with Crippen LogP contribution < -0.4 is 5.32 Å². The Morgan fingerprint density at radius 2 is 1.76 bits per heavy atom. The highest BCUT2D eigenvalue weighted by molar-refractivity contribution is 6.31. The Labute approximate surface area is 171 Å². The second-order valence-corrected chi connectivity index (χ2v) is 7.33. The molecule has 0 radical (unpaired) electrons. The fourth-order valence-corrected chi connectivity index (χ4v) is 3.05. The van der Waals surface area contributed by atoms with Crippen molar-refractivity contribution in [2.45, 2.75) is 33.0 Å². The van der Waals surface area contributed by atoms with Gasteiger partial charge >= 0.3 is 6.18 Å². The number of carbonyl (C=O) groups is 2. The van der Waals surface area contributed by atoms with Crippen molar-refractivity contribution >= 4 is 23.3 Å². The zero-order valence-corrected chi connectivity index (χ0v) is 16.7. The molecular formula is C21H18ClF3N2O2. The maximum Gasteiger partial charge on any atom is 0.417 e. The quantitative estimate of drug-likeness (QED) is 0.675. The molecule has 2 rings (SSSR count). The molecule has 1 N–H and O–H groups in total. The third-order valence-corrected chi connectivity index (χ3v) is 4.62. The fraction of sp³-hybridized carbons (Fsp3) is 0.286. The Kier molecular flexibility index (Phi) is 6.70. The van der Waals surface area contributed by atoms with Gasteiger partial charge in [0.2, 0.25) is 0 Å². The van der Waals surface area contributed by atoms with E-state index in [0.29, 0.717) is 11.1 Å². The minimum absolute atomic E-state index is 0.0292. The van der Waals surface area contributed by atoms with E-state index in [4.69, 9.17) is 16.9 Å². The van der Waals surface area contributed by atoms with Crippen LogP contribution in [0.2, 0.25) is 5.02 Å². The highest BCUT2D eigenvalue weighted by Crippen LogP contribution is 2.33. The Morgan fingerprint density at radius 1 is 1.10 bits per heavy atom. The highest BCUT2D eigenvalue weighted by atomic mass is 35.5. The van der Waals surface area contributed by atoms with Crippen LogP contribution in [0.5, 0.6) is 0 Å². The Hall–Kier alpha value is -2.85. The van der Waals surface area contributed by atoms with Crippen LogP contribution in [0.4, 0.5) is 13.2 Å². The number of carbonyl (C=O) groups excluding carboxylic acids is 2. The highest BCUT2D eigenvalue weighted by Gasteiger charge is 2.36. The van der Waals surface area contributed by atoms with Crippen molar-refractivity contribution in [3.05, 3.63) is 69.2 Å². The van der Waals surface area contributed by atoms with Crippen molar-refractivity contribution < 1.29 is 22.8 Å². The first-order chi connectivity index (χ1) is 13.5. The van der Waals surface area contributed by atoms with Gasteiger partial charge in [-0.1, -0.05) is 25.4 Å². The second-order valence-electron chi connectivity index (χ2n) is 6.89. The van der Waals surface area contributed by atoms with Crippen LogP contribution in [-0.2, 0) is 6.18 Å². The van der Waals surface area contributed by atoms with E-state index in [0.717, 1.165) is 18.2 Å². The lowest BCUT2D eigenvalue weighted by molar-refractivity contribution is -0.137. The number of halogens is 4. The summed E-state index contributed by atoms with van der Waals surface area (Å²) in [4.78, 5) is 25.6. The largest absolute Gasteiger partial charge is 0.417 e. The van der Waals surface area contributed by atoms with Gasteiger partial charge in [-0.3, -0.25) is 9.59 Å². The van der Waals surface area contributed by atoms with Crippen molar-refractivity contribution in [3.63, 3.8) is 0 Å². The average molecular weight is 423 g/mol. The van der Waals surface area contributed by atoms with E-state index in [-0.39, 0.29) is 10.6 Å². The number of Topliss-reactive ketones (excluding diaryl/α,β-unsaturated/α-hetero) is 1. The molecular weight excluding hydrogens is 405 g/mol. The van der Waals surface area contributed by atoms with E-state index in [2.05, 4.69) is 5.32 Å². The predicted molar refractivity (Wildman–Crippen MR) is 103 cm³/mol. The first-order valence-electron chi connectivity index (χ1n) is 8.68. The Balaban J connectivity index is 2.40. The van der Waals surface area contributed by atoms with Gasteiger partial charge in [0, 0.05) is 10.6 Å². The van der Waals surface area contributed by atoms with Gasteiger partial charge < -0.3 is 5.32 Å². The fourth-order valence-electron chi connectivity index (χ4n) is 2.88. The van der Waals surface area contributed by atoms with E-state index in [1.807, 2.05) is 6.07 Å². The van der Waals surface area contributed by atoms with Crippen molar-refractivity contribution in [3.8, 4) is 6.07 Å². The number of nitrogens with one attached hydrogen (secondary N) is 1. The van der Waals surface area contributed by atoms with Gasteiger partial charge in [-0.25, -0.2) is 0 Å². The predicted octanol–water partition coefficient (Wildman–Crippen LogP) is 5.18. The normalized spacial score (nSPS) is 12.4. The van der Waals surface area contributed by atoms with Crippen LogP contribution >= 0.6 is 11.6 Å². The summed E-state index contributed by atoms with van der Waals surface area (Å²) in [5.74, 6) is -1.89. The lowest BCUT2D eigenvalue weighted by atomic mass is 9.91. The van der Waals surface area contributed by atoms with Crippen LogP contribution in [0, 0.1) is 24.2 Å². The molecule has 0 saturated heterocycles. The van der Waals surface area contributed by atoms with Crippen LogP contribution in [-0.4, -0.2) is 17.7 Å². The summed E-state index contributed by atoms with van der Waals surface area (Å²) in [5.41, 5.74) is -0.598. The van der Waals surface area contributed by atoms with Crippen LogP contribution in [0.25, 0.3) is 0 Å². The van der Waals surface area contributed by atoms with E-state index in [1.165, 1.54) is 18.2 Å². The van der Waals surface area contributed by atoms with Gasteiger partial charge in [-0.15, -0.1) is 0 Å². The van der Waals surface area contributed by atoms with Crippen molar-refractivity contribution in [2.24, 2.45) is 5.92 Å². The summed E-state index contributed by atoms with van der Waals surface area (Å²) in [7, 11) is 0. The lowest BCUT2D eigenvalue weighted by Crippen LogP contribution is -2.45. The second kappa shape index (κ2) is 8.66. The number of nitriles is 1. The molecule has 1 amide bonds. The number of rotatable bonds is 5. The number of nitrogens with zero attached hydrogens (tertiary/aromatic N) is 1. The molecule has 29 heavy (non-hydrogen) atoms. The number of ketones is 1. The summed E-state index contributed by atoms with van der Waals surface area (Å²) in [6, 6.07) is 8.08. The van der Waals surface area contributed by atoms with Crippen LogP contribution in [0.1, 0.15) is 51.3 Å². The smallest absolute Gasteiger partial charge is 0.342 e. The van der Waals surface area contributed by atoms with Gasteiger partial charge in [0.15, 0.2) is 5.78 Å². The molecule has 0 fully saturated rings. The third-order valence-electron chi connectivity index (χ3n) is 4.39. The molecule has 0 heterocycles. The van der Waals surface area contributed by atoms with E-state index in [1.54, 1.807) is 20.8 Å². The molecule has 0 aromatic heterocycles. The molecule has 2 aromatic rings. The van der Waals surface area contributed by atoms with E-state index >= 15 is 0 Å². The monoisotopic (exact) mass is 422 g/mol. The summed E-state index contributed by atoms with van der Waals surface area (Å²) in [5, 5.41) is 11.3. The molecule has 0 aliphatic heterocycles. The summed E-state index contributed by atoms with van der Waals surface area (Å²) in [6.45, 7) is 4.99. The van der Waals surface area contributed by atoms with Gasteiger partial charge in [0.1, 0.15) is 0 Å². The molecule has 0 spiro atoms.